The van der Waals surface area contributed by atoms with Gasteiger partial charge in [0, 0.05) is 18.8 Å². The molecule has 0 aliphatic carbocycles. The van der Waals surface area contributed by atoms with Crippen LogP contribution in [0.1, 0.15) is 0 Å². The molecule has 1 aromatic carbocycles. The highest BCUT2D eigenvalue weighted by Crippen LogP contribution is 2.29. The van der Waals surface area contributed by atoms with Gasteiger partial charge in [-0.1, -0.05) is 0 Å². The van der Waals surface area contributed by atoms with Crippen molar-refractivity contribution in [2.24, 2.45) is 0 Å². The fraction of sp³-hybridized carbons (Fsp3) is 0.455. The van der Waals surface area contributed by atoms with Crippen LogP contribution >= 0.6 is 0 Å². The van der Waals surface area contributed by atoms with Crippen LogP contribution in [0.5, 0.6) is 0 Å². The molecule has 0 aromatic heterocycles. The molecule has 1 fully saturated rings. The van der Waals surface area contributed by atoms with Gasteiger partial charge in [-0.3, -0.25) is 9.27 Å². The molecule has 0 radical (unpaired) electrons. The maximum Gasteiger partial charge on any atom is 0.296 e. The van der Waals surface area contributed by atoms with Crippen molar-refractivity contribution in [2.75, 3.05) is 42.2 Å². The first-order valence-electron chi connectivity index (χ1n) is 6.09. The molecule has 21 heavy (non-hydrogen) atoms. The Labute approximate surface area is 123 Å². The fourth-order valence-corrected chi connectivity index (χ4v) is 3.36. The van der Waals surface area contributed by atoms with E-state index >= 15 is 0 Å². The van der Waals surface area contributed by atoms with E-state index in [-0.39, 0.29) is 10.6 Å². The number of benzene rings is 1. The van der Waals surface area contributed by atoms with Crippen LogP contribution in [0.3, 0.4) is 0 Å². The number of morpholine rings is 1. The van der Waals surface area contributed by atoms with E-state index in [1.54, 1.807) is 4.90 Å². The zero-order valence-electron chi connectivity index (χ0n) is 11.3. The molecule has 1 aromatic rings. The van der Waals surface area contributed by atoms with Crippen molar-refractivity contribution in [1.82, 2.24) is 0 Å². The number of rotatable bonds is 4. The quantitative estimate of drug-likeness (QED) is 0.752. The third kappa shape index (κ3) is 4.30. The maximum absolute atomic E-state index is 11.5. The number of anilines is 2. The minimum absolute atomic E-state index is 0.0714. The highest BCUT2D eigenvalue weighted by molar-refractivity contribution is 7.92. The van der Waals surface area contributed by atoms with E-state index in [1.807, 2.05) is 0 Å². The first-order chi connectivity index (χ1) is 9.67. The largest absolute Gasteiger partial charge is 0.378 e. The number of ether oxygens (including phenoxy) is 1. The zero-order valence-corrected chi connectivity index (χ0v) is 12.9. The average molecular weight is 336 g/mol. The molecule has 0 amide bonds. The molecule has 0 spiro atoms. The van der Waals surface area contributed by atoms with Crippen LogP contribution in [0.15, 0.2) is 23.1 Å². The zero-order chi connectivity index (χ0) is 15.7. The maximum atomic E-state index is 11.5. The summed E-state index contributed by atoms with van der Waals surface area (Å²) < 4.78 is 62.2. The van der Waals surface area contributed by atoms with Crippen LogP contribution in [-0.2, 0) is 24.9 Å². The van der Waals surface area contributed by atoms with Gasteiger partial charge in [0.2, 0.25) is 10.0 Å². The van der Waals surface area contributed by atoms with Crippen LogP contribution in [0.2, 0.25) is 0 Å². The molecule has 0 bridgehead atoms. The summed E-state index contributed by atoms with van der Waals surface area (Å²) in [5.74, 6) is 0. The van der Waals surface area contributed by atoms with Gasteiger partial charge in [0.05, 0.1) is 25.2 Å². The van der Waals surface area contributed by atoms with E-state index in [2.05, 4.69) is 4.72 Å². The second kappa shape index (κ2) is 5.79. The Hall–Kier alpha value is -1.36. The van der Waals surface area contributed by atoms with Gasteiger partial charge in [-0.15, -0.1) is 0 Å². The van der Waals surface area contributed by atoms with Crippen molar-refractivity contribution in [3.05, 3.63) is 18.2 Å². The molecule has 0 atom stereocenters. The Morgan fingerprint density at radius 3 is 2.33 bits per heavy atom. The second-order valence-electron chi connectivity index (χ2n) is 4.63. The van der Waals surface area contributed by atoms with Crippen molar-refractivity contribution >= 4 is 31.5 Å². The first-order valence-corrected chi connectivity index (χ1v) is 9.42. The van der Waals surface area contributed by atoms with Gasteiger partial charge in [0.1, 0.15) is 4.90 Å². The molecule has 1 heterocycles. The lowest BCUT2D eigenvalue weighted by Gasteiger charge is -2.30. The van der Waals surface area contributed by atoms with E-state index in [0.29, 0.717) is 32.0 Å². The monoisotopic (exact) mass is 336 g/mol. The summed E-state index contributed by atoms with van der Waals surface area (Å²) >= 11 is 0. The smallest absolute Gasteiger partial charge is 0.296 e. The van der Waals surface area contributed by atoms with Gasteiger partial charge >= 0.3 is 0 Å². The first kappa shape index (κ1) is 16.0. The van der Waals surface area contributed by atoms with Gasteiger partial charge in [0.25, 0.3) is 10.1 Å². The Balaban J connectivity index is 2.46. The molecule has 10 heteroatoms. The Kier molecular flexibility index (Phi) is 4.42. The molecule has 1 aliphatic rings. The molecule has 2 rings (SSSR count). The van der Waals surface area contributed by atoms with Gasteiger partial charge in [-0.2, -0.15) is 8.42 Å². The normalized spacial score (nSPS) is 16.8. The second-order valence-corrected chi connectivity index (χ2v) is 7.77. The fourth-order valence-electron chi connectivity index (χ4n) is 2.06. The van der Waals surface area contributed by atoms with E-state index in [9.17, 15) is 21.4 Å². The molecular weight excluding hydrogens is 320 g/mol. The van der Waals surface area contributed by atoms with Crippen molar-refractivity contribution < 1.29 is 26.1 Å². The van der Waals surface area contributed by atoms with Crippen LogP contribution in [-0.4, -0.2) is 53.9 Å². The molecule has 0 saturated carbocycles. The summed E-state index contributed by atoms with van der Waals surface area (Å²) in [5, 5.41) is 0. The lowest BCUT2D eigenvalue weighted by molar-refractivity contribution is 0.122. The standard InChI is InChI=1S/C11H16N2O6S2/c1-20(14,15)12-9-2-3-10(11(8-9)21(16,17)18)13-4-6-19-7-5-13/h2-3,8,12H,4-7H2,1H3,(H,16,17,18). The van der Waals surface area contributed by atoms with Gasteiger partial charge in [-0.05, 0) is 18.2 Å². The molecule has 2 N–H and O–H groups in total. The van der Waals surface area contributed by atoms with Crippen LogP contribution < -0.4 is 9.62 Å². The number of hydrogen-bond donors (Lipinski definition) is 2. The van der Waals surface area contributed by atoms with Gasteiger partial charge in [-0.25, -0.2) is 8.42 Å². The summed E-state index contributed by atoms with van der Waals surface area (Å²) in [4.78, 5) is 1.43. The van der Waals surface area contributed by atoms with Crippen molar-refractivity contribution in [2.45, 2.75) is 4.90 Å². The highest BCUT2D eigenvalue weighted by atomic mass is 32.2. The van der Waals surface area contributed by atoms with Crippen LogP contribution in [0, 0.1) is 0 Å². The topological polar surface area (TPSA) is 113 Å². The molecule has 0 unspecified atom stereocenters. The number of hydrogen-bond acceptors (Lipinski definition) is 6. The lowest BCUT2D eigenvalue weighted by Crippen LogP contribution is -2.37. The van der Waals surface area contributed by atoms with E-state index in [0.717, 1.165) is 12.3 Å². The summed E-state index contributed by atoms with van der Waals surface area (Å²) in [6, 6.07) is 4.00. The summed E-state index contributed by atoms with van der Waals surface area (Å²) in [7, 11) is -8.02. The molecule has 118 valence electrons. The minimum Gasteiger partial charge on any atom is -0.378 e. The van der Waals surface area contributed by atoms with Crippen LogP contribution in [0.4, 0.5) is 11.4 Å². The van der Waals surface area contributed by atoms with Crippen molar-refractivity contribution in [3.63, 3.8) is 0 Å². The van der Waals surface area contributed by atoms with Crippen molar-refractivity contribution in [1.29, 1.82) is 0 Å². The lowest BCUT2D eigenvalue weighted by atomic mass is 10.2. The molecule has 1 aliphatic heterocycles. The molecule has 8 nitrogen and oxygen atoms in total. The SMILES string of the molecule is CS(=O)(=O)Nc1ccc(N2CCOCC2)c(S(=O)(=O)O)c1. The van der Waals surface area contributed by atoms with E-state index in [4.69, 9.17) is 4.74 Å². The van der Waals surface area contributed by atoms with Crippen molar-refractivity contribution in [3.8, 4) is 0 Å². The van der Waals surface area contributed by atoms with Gasteiger partial charge < -0.3 is 9.64 Å². The average Bonchev–Trinajstić information content (AvgIpc) is 2.37. The number of nitrogens with one attached hydrogen (secondary N) is 1. The Morgan fingerprint density at radius 1 is 1.19 bits per heavy atom. The highest BCUT2D eigenvalue weighted by Gasteiger charge is 2.22. The predicted octanol–water partition coefficient (Wildman–Crippen LogP) is 0.141. The summed E-state index contributed by atoms with van der Waals surface area (Å²) in [6.45, 7) is 1.88. The van der Waals surface area contributed by atoms with E-state index < -0.39 is 20.1 Å². The van der Waals surface area contributed by atoms with E-state index in [1.165, 1.54) is 12.1 Å². The number of sulfonamides is 1. The summed E-state index contributed by atoms with van der Waals surface area (Å²) in [5.41, 5.74) is 0.391. The third-order valence-corrected chi connectivity index (χ3v) is 4.38. The van der Waals surface area contributed by atoms with Crippen LogP contribution in [0.25, 0.3) is 0 Å². The minimum atomic E-state index is -4.48. The third-order valence-electron chi connectivity index (χ3n) is 2.89. The Morgan fingerprint density at radius 2 is 1.81 bits per heavy atom. The molecular formula is C11H16N2O6S2. The summed E-state index contributed by atoms with van der Waals surface area (Å²) in [6.07, 6.45) is 0.954. The predicted molar refractivity (Wildman–Crippen MR) is 77.8 cm³/mol. The molecule has 1 saturated heterocycles. The van der Waals surface area contributed by atoms with Gasteiger partial charge in [0.15, 0.2) is 0 Å². The Bertz CT molecular complexity index is 723. The number of nitrogens with zero attached hydrogens (tertiary/aromatic N) is 1.